The van der Waals surface area contributed by atoms with Crippen LogP contribution in [-0.4, -0.2) is 60.1 Å². The fraction of sp³-hybridized carbons (Fsp3) is 0.900. The number of rotatable bonds is 3. The van der Waals surface area contributed by atoms with Crippen molar-refractivity contribution in [1.82, 2.24) is 9.80 Å². The molecule has 1 amide bonds. The van der Waals surface area contributed by atoms with E-state index in [1.807, 2.05) is 11.9 Å². The van der Waals surface area contributed by atoms with E-state index in [0.717, 1.165) is 32.5 Å². The average Bonchev–Trinajstić information content (AvgIpc) is 2.18. The third kappa shape index (κ3) is 2.96. The van der Waals surface area contributed by atoms with Crippen LogP contribution in [0.5, 0.6) is 0 Å². The van der Waals surface area contributed by atoms with E-state index < -0.39 is 0 Å². The minimum Gasteiger partial charge on any atom is -0.395 e. The third-order valence-corrected chi connectivity index (χ3v) is 2.99. The Morgan fingerprint density at radius 1 is 1.50 bits per heavy atom. The van der Waals surface area contributed by atoms with Crippen molar-refractivity contribution in [3.05, 3.63) is 0 Å². The van der Waals surface area contributed by atoms with Crippen molar-refractivity contribution >= 4 is 5.91 Å². The van der Waals surface area contributed by atoms with E-state index in [0.29, 0.717) is 6.04 Å². The molecule has 0 spiro atoms. The first-order valence-corrected chi connectivity index (χ1v) is 5.21. The first-order chi connectivity index (χ1) is 6.65. The molecule has 1 fully saturated rings. The van der Waals surface area contributed by atoms with Crippen molar-refractivity contribution < 1.29 is 9.90 Å². The number of likely N-dealkylation sites (tertiary alicyclic amines) is 1. The topological polar surface area (TPSA) is 43.8 Å². The van der Waals surface area contributed by atoms with Crippen LogP contribution in [0.1, 0.15) is 19.8 Å². The molecule has 14 heavy (non-hydrogen) atoms. The third-order valence-electron chi connectivity index (χ3n) is 2.99. The maximum absolute atomic E-state index is 11.1. The van der Waals surface area contributed by atoms with Crippen LogP contribution in [0.25, 0.3) is 0 Å². The summed E-state index contributed by atoms with van der Waals surface area (Å²) >= 11 is 0. The Hall–Kier alpha value is -0.610. The quantitative estimate of drug-likeness (QED) is 0.693. The van der Waals surface area contributed by atoms with Crippen molar-refractivity contribution in [3.8, 4) is 0 Å². The van der Waals surface area contributed by atoms with Crippen LogP contribution < -0.4 is 0 Å². The summed E-state index contributed by atoms with van der Waals surface area (Å²) in [4.78, 5) is 15.1. The van der Waals surface area contributed by atoms with Gasteiger partial charge in [-0.1, -0.05) is 0 Å². The van der Waals surface area contributed by atoms with Gasteiger partial charge in [-0.3, -0.25) is 4.79 Å². The van der Waals surface area contributed by atoms with E-state index in [1.165, 1.54) is 0 Å². The number of carbonyl (C=O) groups is 1. The summed E-state index contributed by atoms with van der Waals surface area (Å²) in [5.41, 5.74) is 0. The first kappa shape index (κ1) is 11.5. The van der Waals surface area contributed by atoms with Gasteiger partial charge in [0.1, 0.15) is 0 Å². The lowest BCUT2D eigenvalue weighted by Crippen LogP contribution is -2.45. The maximum Gasteiger partial charge on any atom is 0.219 e. The molecule has 0 aliphatic carbocycles. The van der Waals surface area contributed by atoms with Crippen molar-refractivity contribution in [3.63, 3.8) is 0 Å². The molecule has 0 aromatic carbocycles. The predicted molar refractivity (Wildman–Crippen MR) is 55.0 cm³/mol. The fourth-order valence-electron chi connectivity index (χ4n) is 1.96. The fourth-order valence-corrected chi connectivity index (χ4v) is 1.96. The zero-order chi connectivity index (χ0) is 10.6. The number of aliphatic hydroxyl groups excluding tert-OH is 1. The molecule has 1 heterocycles. The molecule has 1 rings (SSSR count). The second-order valence-electron chi connectivity index (χ2n) is 3.94. The lowest BCUT2D eigenvalue weighted by atomic mass is 10.0. The monoisotopic (exact) mass is 200 g/mol. The first-order valence-electron chi connectivity index (χ1n) is 5.21. The van der Waals surface area contributed by atoms with Crippen molar-refractivity contribution in [2.45, 2.75) is 25.8 Å². The zero-order valence-electron chi connectivity index (χ0n) is 9.07. The maximum atomic E-state index is 11.1. The summed E-state index contributed by atoms with van der Waals surface area (Å²) in [6.07, 6.45) is 2.05. The number of hydrogen-bond acceptors (Lipinski definition) is 3. The van der Waals surface area contributed by atoms with Gasteiger partial charge in [0.25, 0.3) is 0 Å². The van der Waals surface area contributed by atoms with Gasteiger partial charge in [0.15, 0.2) is 0 Å². The van der Waals surface area contributed by atoms with Crippen LogP contribution in [0.15, 0.2) is 0 Å². The Morgan fingerprint density at radius 3 is 2.50 bits per heavy atom. The van der Waals surface area contributed by atoms with Gasteiger partial charge in [0.05, 0.1) is 6.61 Å². The number of hydrogen-bond donors (Lipinski definition) is 1. The van der Waals surface area contributed by atoms with Gasteiger partial charge in [-0.15, -0.1) is 0 Å². The van der Waals surface area contributed by atoms with Gasteiger partial charge in [-0.25, -0.2) is 0 Å². The molecule has 0 saturated carbocycles. The summed E-state index contributed by atoms with van der Waals surface area (Å²) < 4.78 is 0. The molecule has 4 nitrogen and oxygen atoms in total. The molecule has 0 aromatic rings. The number of carbonyl (C=O) groups excluding carboxylic acids is 1. The number of amides is 1. The number of nitrogens with zero attached hydrogens (tertiary/aromatic N) is 2. The molecule has 1 saturated heterocycles. The van der Waals surface area contributed by atoms with E-state index in [4.69, 9.17) is 5.11 Å². The number of piperidine rings is 1. The summed E-state index contributed by atoms with van der Waals surface area (Å²) in [6.45, 7) is 4.28. The van der Waals surface area contributed by atoms with Crippen LogP contribution >= 0.6 is 0 Å². The highest BCUT2D eigenvalue weighted by atomic mass is 16.3. The van der Waals surface area contributed by atoms with E-state index in [1.54, 1.807) is 6.92 Å². The number of likely N-dealkylation sites (N-methyl/N-ethyl adjacent to an activating group) is 1. The molecule has 0 aromatic heterocycles. The Bertz CT molecular complexity index is 189. The van der Waals surface area contributed by atoms with E-state index in [2.05, 4.69) is 4.90 Å². The Balaban J connectivity index is 2.31. The molecule has 1 aliphatic rings. The summed E-state index contributed by atoms with van der Waals surface area (Å²) in [7, 11) is 2.03. The second-order valence-corrected chi connectivity index (χ2v) is 3.94. The molecule has 1 N–H and O–H groups in total. The largest absolute Gasteiger partial charge is 0.395 e. The SMILES string of the molecule is CC(=O)N1CCC(N(C)CCO)CC1. The highest BCUT2D eigenvalue weighted by Crippen LogP contribution is 2.14. The molecule has 0 bridgehead atoms. The van der Waals surface area contributed by atoms with Crippen LogP contribution in [0, 0.1) is 0 Å². The zero-order valence-corrected chi connectivity index (χ0v) is 9.07. The molecule has 1 aliphatic heterocycles. The molecule has 4 heteroatoms. The second kappa shape index (κ2) is 5.32. The average molecular weight is 200 g/mol. The van der Waals surface area contributed by atoms with Gasteiger partial charge < -0.3 is 14.9 Å². The van der Waals surface area contributed by atoms with Crippen molar-refractivity contribution in [1.29, 1.82) is 0 Å². The van der Waals surface area contributed by atoms with Crippen LogP contribution in [0.2, 0.25) is 0 Å². The molecule has 0 unspecified atom stereocenters. The predicted octanol–water partition coefficient (Wildman–Crippen LogP) is -0.0786. The Kier molecular flexibility index (Phi) is 4.35. The van der Waals surface area contributed by atoms with Crippen LogP contribution in [-0.2, 0) is 4.79 Å². The molecule has 0 atom stereocenters. The van der Waals surface area contributed by atoms with Gasteiger partial charge in [-0.05, 0) is 19.9 Å². The minimum atomic E-state index is 0.174. The smallest absolute Gasteiger partial charge is 0.219 e. The minimum absolute atomic E-state index is 0.174. The van der Waals surface area contributed by atoms with Crippen LogP contribution in [0.3, 0.4) is 0 Å². The molecular weight excluding hydrogens is 180 g/mol. The van der Waals surface area contributed by atoms with Gasteiger partial charge in [0, 0.05) is 32.6 Å². The van der Waals surface area contributed by atoms with Crippen molar-refractivity contribution in [2.24, 2.45) is 0 Å². The van der Waals surface area contributed by atoms with Gasteiger partial charge in [-0.2, -0.15) is 0 Å². The Morgan fingerprint density at radius 2 is 2.07 bits per heavy atom. The van der Waals surface area contributed by atoms with E-state index >= 15 is 0 Å². The molecule has 0 radical (unpaired) electrons. The lowest BCUT2D eigenvalue weighted by molar-refractivity contribution is -0.130. The summed E-state index contributed by atoms with van der Waals surface area (Å²) in [5.74, 6) is 0.174. The van der Waals surface area contributed by atoms with Gasteiger partial charge in [0.2, 0.25) is 5.91 Å². The van der Waals surface area contributed by atoms with E-state index in [-0.39, 0.29) is 12.5 Å². The molecular formula is C10H20N2O2. The normalized spacial score (nSPS) is 19.0. The number of aliphatic hydroxyl groups is 1. The van der Waals surface area contributed by atoms with Crippen molar-refractivity contribution in [2.75, 3.05) is 33.3 Å². The summed E-state index contributed by atoms with van der Waals surface area (Å²) in [6, 6.07) is 0.526. The molecule has 82 valence electrons. The van der Waals surface area contributed by atoms with Gasteiger partial charge >= 0.3 is 0 Å². The highest BCUT2D eigenvalue weighted by molar-refractivity contribution is 5.73. The Labute approximate surface area is 85.5 Å². The highest BCUT2D eigenvalue weighted by Gasteiger charge is 2.22. The van der Waals surface area contributed by atoms with E-state index in [9.17, 15) is 4.79 Å². The summed E-state index contributed by atoms with van der Waals surface area (Å²) in [5, 5.41) is 8.80. The van der Waals surface area contributed by atoms with Crippen LogP contribution in [0.4, 0.5) is 0 Å². The lowest BCUT2D eigenvalue weighted by Gasteiger charge is -2.36. The standard InChI is InChI=1S/C10H20N2O2/c1-9(14)12-5-3-10(4-6-12)11(2)7-8-13/h10,13H,3-8H2,1-2H3.